The smallest absolute Gasteiger partial charge is 0.254 e. The monoisotopic (exact) mass is 262 g/mol. The maximum absolute atomic E-state index is 12.4. The van der Waals surface area contributed by atoms with Crippen LogP contribution in [0.3, 0.4) is 0 Å². The second kappa shape index (κ2) is 5.87. The highest BCUT2D eigenvalue weighted by Gasteiger charge is 2.39. The molecule has 2 amide bonds. The molecule has 1 atom stereocenters. The molecule has 1 aromatic rings. The number of rotatable bonds is 5. The van der Waals surface area contributed by atoms with E-state index in [4.69, 9.17) is 5.73 Å². The highest BCUT2D eigenvalue weighted by Crippen LogP contribution is 2.24. The Morgan fingerprint density at radius 2 is 1.79 bits per heavy atom. The maximum Gasteiger partial charge on any atom is 0.254 e. The van der Waals surface area contributed by atoms with Gasteiger partial charge in [-0.2, -0.15) is 0 Å². The Labute approximate surface area is 114 Å². The lowest BCUT2D eigenvalue weighted by Crippen LogP contribution is -2.56. The molecule has 4 nitrogen and oxygen atoms in total. The molecule has 0 aromatic heterocycles. The first-order valence-corrected chi connectivity index (χ1v) is 6.42. The van der Waals surface area contributed by atoms with E-state index in [1.165, 1.54) is 4.90 Å². The largest absolute Gasteiger partial charge is 0.368 e. The van der Waals surface area contributed by atoms with Crippen LogP contribution in [0.25, 0.3) is 0 Å². The van der Waals surface area contributed by atoms with Gasteiger partial charge in [-0.15, -0.1) is 0 Å². The summed E-state index contributed by atoms with van der Waals surface area (Å²) < 4.78 is 0. The maximum atomic E-state index is 12.4. The van der Waals surface area contributed by atoms with Gasteiger partial charge in [0.15, 0.2) is 0 Å². The van der Waals surface area contributed by atoms with Crippen LogP contribution in [-0.2, 0) is 4.79 Å². The standard InChI is InChI=1S/C15H22N2O2/c1-11(2)10-15(3,14(16)19)17(4)13(18)12-8-6-5-7-9-12/h5-9,11H,10H2,1-4H3,(H2,16,19)/t15-/m0/s1. The Kier molecular flexibility index (Phi) is 4.70. The van der Waals surface area contributed by atoms with Gasteiger partial charge in [0.2, 0.25) is 5.91 Å². The lowest BCUT2D eigenvalue weighted by atomic mass is 9.88. The summed E-state index contributed by atoms with van der Waals surface area (Å²) in [7, 11) is 1.63. The van der Waals surface area contributed by atoms with Crippen LogP contribution in [0, 0.1) is 5.92 Å². The molecule has 0 radical (unpaired) electrons. The van der Waals surface area contributed by atoms with Crippen LogP contribution in [0.15, 0.2) is 30.3 Å². The molecule has 0 aliphatic carbocycles. The molecule has 2 N–H and O–H groups in total. The zero-order chi connectivity index (χ0) is 14.6. The first kappa shape index (κ1) is 15.2. The quantitative estimate of drug-likeness (QED) is 0.882. The van der Waals surface area contributed by atoms with Gasteiger partial charge in [0.1, 0.15) is 5.54 Å². The molecule has 19 heavy (non-hydrogen) atoms. The van der Waals surface area contributed by atoms with Crippen molar-refractivity contribution < 1.29 is 9.59 Å². The van der Waals surface area contributed by atoms with Crippen molar-refractivity contribution >= 4 is 11.8 Å². The van der Waals surface area contributed by atoms with E-state index in [-0.39, 0.29) is 11.8 Å². The predicted molar refractivity (Wildman–Crippen MR) is 75.6 cm³/mol. The number of carbonyl (C=O) groups excluding carboxylic acids is 2. The minimum absolute atomic E-state index is 0.192. The SMILES string of the molecule is CC(C)C[C@@](C)(C(N)=O)N(C)C(=O)c1ccccc1. The van der Waals surface area contributed by atoms with Gasteiger partial charge in [-0.25, -0.2) is 0 Å². The van der Waals surface area contributed by atoms with E-state index in [0.717, 1.165) is 0 Å². The Morgan fingerprint density at radius 3 is 2.21 bits per heavy atom. The fraction of sp³-hybridized carbons (Fsp3) is 0.467. The minimum atomic E-state index is -0.971. The molecular formula is C15H22N2O2. The average molecular weight is 262 g/mol. The van der Waals surface area contributed by atoms with E-state index in [9.17, 15) is 9.59 Å². The molecule has 0 fully saturated rings. The van der Waals surface area contributed by atoms with E-state index in [1.807, 2.05) is 19.9 Å². The first-order valence-electron chi connectivity index (χ1n) is 6.42. The molecular weight excluding hydrogens is 240 g/mol. The summed E-state index contributed by atoms with van der Waals surface area (Å²) in [6.45, 7) is 5.72. The number of nitrogens with two attached hydrogens (primary N) is 1. The Hall–Kier alpha value is -1.84. The van der Waals surface area contributed by atoms with Crippen LogP contribution in [0.4, 0.5) is 0 Å². The second-order valence-electron chi connectivity index (χ2n) is 5.47. The number of hydrogen-bond acceptors (Lipinski definition) is 2. The van der Waals surface area contributed by atoms with Crippen molar-refractivity contribution in [3.63, 3.8) is 0 Å². The number of primary amides is 1. The van der Waals surface area contributed by atoms with Gasteiger partial charge in [-0.1, -0.05) is 32.0 Å². The number of nitrogens with zero attached hydrogens (tertiary/aromatic N) is 1. The normalized spacial score (nSPS) is 13.9. The fourth-order valence-corrected chi connectivity index (χ4v) is 2.20. The number of amides is 2. The summed E-state index contributed by atoms with van der Waals surface area (Å²) >= 11 is 0. The van der Waals surface area contributed by atoms with Crippen molar-refractivity contribution in [1.29, 1.82) is 0 Å². The van der Waals surface area contributed by atoms with Crippen molar-refractivity contribution in [3.05, 3.63) is 35.9 Å². The Balaban J connectivity index is 3.04. The molecule has 1 aromatic carbocycles. The summed E-state index contributed by atoms with van der Waals surface area (Å²) in [6.07, 6.45) is 0.539. The molecule has 0 heterocycles. The van der Waals surface area contributed by atoms with Crippen molar-refractivity contribution in [2.45, 2.75) is 32.7 Å². The molecule has 0 saturated carbocycles. The predicted octanol–water partition coefficient (Wildman–Crippen LogP) is 2.05. The number of likely N-dealkylation sites (N-methyl/N-ethyl adjacent to an activating group) is 1. The second-order valence-corrected chi connectivity index (χ2v) is 5.47. The fourth-order valence-electron chi connectivity index (χ4n) is 2.20. The van der Waals surface area contributed by atoms with E-state index in [0.29, 0.717) is 12.0 Å². The molecule has 1 rings (SSSR count). The van der Waals surface area contributed by atoms with Crippen LogP contribution in [0.5, 0.6) is 0 Å². The molecule has 0 aliphatic heterocycles. The first-order chi connectivity index (χ1) is 8.79. The summed E-state index contributed by atoms with van der Waals surface area (Å²) in [5.41, 5.74) is 5.09. The number of benzene rings is 1. The lowest BCUT2D eigenvalue weighted by Gasteiger charge is -2.37. The lowest BCUT2D eigenvalue weighted by molar-refractivity contribution is -0.128. The highest BCUT2D eigenvalue weighted by molar-refractivity contribution is 5.98. The molecule has 0 aliphatic rings. The molecule has 0 saturated heterocycles. The van der Waals surface area contributed by atoms with E-state index in [1.54, 1.807) is 38.2 Å². The van der Waals surface area contributed by atoms with Gasteiger partial charge in [-0.3, -0.25) is 9.59 Å². The van der Waals surface area contributed by atoms with Crippen LogP contribution in [0.1, 0.15) is 37.6 Å². The molecule has 0 bridgehead atoms. The third-order valence-electron chi connectivity index (χ3n) is 3.40. The average Bonchev–Trinajstić information content (AvgIpc) is 2.36. The van der Waals surface area contributed by atoms with Gasteiger partial charge >= 0.3 is 0 Å². The highest BCUT2D eigenvalue weighted by atomic mass is 16.2. The van der Waals surface area contributed by atoms with Crippen molar-refractivity contribution in [3.8, 4) is 0 Å². The molecule has 4 heteroatoms. The van der Waals surface area contributed by atoms with Crippen molar-refractivity contribution in [2.24, 2.45) is 11.7 Å². The summed E-state index contributed by atoms with van der Waals surface area (Å²) in [5.74, 6) is -0.404. The van der Waals surface area contributed by atoms with Gasteiger partial charge in [-0.05, 0) is 31.4 Å². The Bertz CT molecular complexity index is 456. The van der Waals surface area contributed by atoms with Crippen LogP contribution >= 0.6 is 0 Å². The summed E-state index contributed by atoms with van der Waals surface area (Å²) in [4.78, 5) is 25.6. The van der Waals surface area contributed by atoms with Gasteiger partial charge < -0.3 is 10.6 Å². The van der Waals surface area contributed by atoms with Crippen LogP contribution in [0.2, 0.25) is 0 Å². The number of hydrogen-bond donors (Lipinski definition) is 1. The van der Waals surface area contributed by atoms with E-state index < -0.39 is 11.4 Å². The van der Waals surface area contributed by atoms with Crippen LogP contribution in [-0.4, -0.2) is 29.3 Å². The molecule has 104 valence electrons. The van der Waals surface area contributed by atoms with Gasteiger partial charge in [0.05, 0.1) is 0 Å². The summed E-state index contributed by atoms with van der Waals surface area (Å²) in [5, 5.41) is 0. The third-order valence-corrected chi connectivity index (χ3v) is 3.40. The van der Waals surface area contributed by atoms with Gasteiger partial charge in [0, 0.05) is 12.6 Å². The van der Waals surface area contributed by atoms with E-state index in [2.05, 4.69) is 0 Å². The zero-order valence-corrected chi connectivity index (χ0v) is 12.0. The minimum Gasteiger partial charge on any atom is -0.368 e. The molecule has 0 spiro atoms. The van der Waals surface area contributed by atoms with Crippen molar-refractivity contribution in [2.75, 3.05) is 7.05 Å². The Morgan fingerprint density at radius 1 is 1.26 bits per heavy atom. The topological polar surface area (TPSA) is 63.4 Å². The summed E-state index contributed by atoms with van der Waals surface area (Å²) in [6, 6.07) is 8.90. The van der Waals surface area contributed by atoms with E-state index >= 15 is 0 Å². The third kappa shape index (κ3) is 3.34. The number of carbonyl (C=O) groups is 2. The van der Waals surface area contributed by atoms with Crippen LogP contribution < -0.4 is 5.73 Å². The zero-order valence-electron chi connectivity index (χ0n) is 12.0. The van der Waals surface area contributed by atoms with Gasteiger partial charge in [0.25, 0.3) is 5.91 Å². The van der Waals surface area contributed by atoms with Crippen molar-refractivity contribution in [1.82, 2.24) is 4.90 Å². The molecule has 0 unspecified atom stereocenters.